The van der Waals surface area contributed by atoms with Gasteiger partial charge in [0.2, 0.25) is 0 Å². The van der Waals surface area contributed by atoms with Crippen molar-refractivity contribution in [3.63, 3.8) is 0 Å². The van der Waals surface area contributed by atoms with Crippen molar-refractivity contribution >= 4 is 67.2 Å². The monoisotopic (exact) mass is 813 g/mol. The van der Waals surface area contributed by atoms with Crippen molar-refractivity contribution in [1.29, 1.82) is 0 Å². The van der Waals surface area contributed by atoms with Crippen LogP contribution in [0.15, 0.2) is 18.2 Å². The summed E-state index contributed by atoms with van der Waals surface area (Å²) >= 11 is 7.87. The van der Waals surface area contributed by atoms with Crippen molar-refractivity contribution in [2.45, 2.75) is 123 Å². The maximum Gasteiger partial charge on any atom is 0.413 e. The van der Waals surface area contributed by atoms with Crippen molar-refractivity contribution < 1.29 is 32.6 Å². The number of halogens is 3. The SMILES string of the molecule is CC1CCCCN1C[C@H](C)Oc1nc(N2CC3CCC(C2)N3C(=O)OC(C)(C)C)c2cc(Cl)c(-c3ccc(F)c4sc(NC(=O)OC(C)(C)C)nc34)c(F)c2n1. The summed E-state index contributed by atoms with van der Waals surface area (Å²) in [6, 6.07) is 4.41. The largest absolute Gasteiger partial charge is 0.459 e. The van der Waals surface area contributed by atoms with Crippen LogP contribution < -0.4 is 15.0 Å². The number of piperazine rings is 1. The van der Waals surface area contributed by atoms with Crippen LogP contribution >= 0.6 is 22.9 Å². The van der Waals surface area contributed by atoms with E-state index < -0.39 is 28.9 Å². The minimum atomic E-state index is -0.767. The Kier molecular flexibility index (Phi) is 11.0. The summed E-state index contributed by atoms with van der Waals surface area (Å²) in [7, 11) is 0. The third-order valence-electron chi connectivity index (χ3n) is 10.3. The fourth-order valence-electron chi connectivity index (χ4n) is 7.99. The Morgan fingerprint density at radius 1 is 0.982 bits per heavy atom. The van der Waals surface area contributed by atoms with Gasteiger partial charge in [-0.25, -0.2) is 23.4 Å². The van der Waals surface area contributed by atoms with Gasteiger partial charge in [-0.2, -0.15) is 9.97 Å². The van der Waals surface area contributed by atoms with Gasteiger partial charge in [0.15, 0.2) is 10.9 Å². The minimum Gasteiger partial charge on any atom is -0.459 e. The molecular formula is C40H50ClF2N7O5S. The number of hydrogen-bond donors (Lipinski definition) is 1. The number of hydrogen-bond acceptors (Lipinski definition) is 11. The second-order valence-corrected chi connectivity index (χ2v) is 18.5. The lowest BCUT2D eigenvalue weighted by molar-refractivity contribution is 0.0122. The highest BCUT2D eigenvalue weighted by Crippen LogP contribution is 2.44. The lowest BCUT2D eigenvalue weighted by Gasteiger charge is -2.42. The van der Waals surface area contributed by atoms with Crippen LogP contribution in [0.2, 0.25) is 5.02 Å². The number of benzene rings is 2. The van der Waals surface area contributed by atoms with Crippen molar-refractivity contribution in [1.82, 2.24) is 24.8 Å². The average Bonchev–Trinajstić information content (AvgIpc) is 3.63. The Labute approximate surface area is 334 Å². The molecule has 4 aromatic rings. The zero-order valence-electron chi connectivity index (χ0n) is 33.2. The van der Waals surface area contributed by atoms with E-state index >= 15 is 8.78 Å². The molecule has 3 saturated heterocycles. The molecule has 3 fully saturated rings. The number of nitrogens with zero attached hydrogens (tertiary/aromatic N) is 6. The van der Waals surface area contributed by atoms with Crippen LogP contribution in [0.5, 0.6) is 6.01 Å². The molecule has 12 nitrogen and oxygen atoms in total. The summed E-state index contributed by atoms with van der Waals surface area (Å²) in [6.45, 7) is 17.4. The zero-order chi connectivity index (χ0) is 40.3. The van der Waals surface area contributed by atoms with Crippen LogP contribution in [0.4, 0.5) is 29.3 Å². The first-order valence-electron chi connectivity index (χ1n) is 19.3. The molecule has 56 heavy (non-hydrogen) atoms. The molecule has 0 radical (unpaired) electrons. The molecule has 7 rings (SSSR count). The Hall–Kier alpha value is -4.08. The number of carbonyl (C=O) groups is 2. The number of anilines is 2. The van der Waals surface area contributed by atoms with Gasteiger partial charge in [-0.1, -0.05) is 29.4 Å². The Balaban J connectivity index is 1.29. The quantitative estimate of drug-likeness (QED) is 0.193. The predicted octanol–water partition coefficient (Wildman–Crippen LogP) is 9.41. The molecule has 5 heterocycles. The highest BCUT2D eigenvalue weighted by molar-refractivity contribution is 7.22. The van der Waals surface area contributed by atoms with Crippen LogP contribution in [0.25, 0.3) is 32.2 Å². The number of amides is 2. The highest BCUT2D eigenvalue weighted by atomic mass is 35.5. The smallest absolute Gasteiger partial charge is 0.413 e. The molecule has 3 aliphatic rings. The predicted molar refractivity (Wildman–Crippen MR) is 215 cm³/mol. The minimum absolute atomic E-state index is 0.0144. The van der Waals surface area contributed by atoms with Crippen molar-refractivity contribution in [3.8, 4) is 17.1 Å². The molecule has 0 spiro atoms. The number of carbonyl (C=O) groups excluding carboxylic acids is 2. The summed E-state index contributed by atoms with van der Waals surface area (Å²) in [6.07, 6.45) is 3.59. The average molecular weight is 814 g/mol. The van der Waals surface area contributed by atoms with Gasteiger partial charge in [0.1, 0.15) is 34.5 Å². The van der Waals surface area contributed by atoms with Gasteiger partial charge in [0.05, 0.1) is 27.3 Å². The van der Waals surface area contributed by atoms with Gasteiger partial charge < -0.3 is 19.1 Å². The number of piperidine rings is 1. The van der Waals surface area contributed by atoms with Crippen LogP contribution in [-0.2, 0) is 9.47 Å². The molecule has 2 aromatic heterocycles. The number of thiazole rings is 1. The van der Waals surface area contributed by atoms with Crippen LogP contribution in [0, 0.1) is 11.6 Å². The standard InChI is InChI=1S/C40H50ClF2N7O5S/c1-21-11-9-10-16-48(21)18-22(2)53-35-44-31-26(34(46-35)49-19-23-12-13-24(20-49)50(23)38(52)55-40(6,7)8)17-27(41)29(30(31)43)25-14-15-28(42)33-32(25)45-36(56-33)47-37(51)54-39(3,4)5/h14-15,17,21-24H,9-13,16,18-20H2,1-8H3,(H,45,47,51)/t21?,22-,23?,24?/m0/s1. The third kappa shape index (κ3) is 8.45. The van der Waals surface area contributed by atoms with Crippen LogP contribution in [-0.4, -0.2) is 98.5 Å². The second kappa shape index (κ2) is 15.4. The molecule has 302 valence electrons. The molecule has 1 N–H and O–H groups in total. The number of nitrogens with one attached hydrogen (secondary N) is 1. The van der Waals surface area contributed by atoms with E-state index in [1.54, 1.807) is 26.8 Å². The lowest BCUT2D eigenvalue weighted by atomic mass is 10.0. The Morgan fingerprint density at radius 3 is 2.34 bits per heavy atom. The van der Waals surface area contributed by atoms with Gasteiger partial charge >= 0.3 is 18.2 Å². The van der Waals surface area contributed by atoms with Gasteiger partial charge in [0, 0.05) is 42.2 Å². The normalized spacial score (nSPS) is 21.1. The maximum absolute atomic E-state index is 17.3. The maximum atomic E-state index is 17.3. The van der Waals surface area contributed by atoms with Gasteiger partial charge in [-0.05, 0) is 106 Å². The Bertz CT molecular complexity index is 2140. The first-order valence-corrected chi connectivity index (χ1v) is 20.5. The van der Waals surface area contributed by atoms with E-state index in [4.69, 9.17) is 30.8 Å². The topological polar surface area (TPSA) is 122 Å². The molecule has 2 aromatic carbocycles. The third-order valence-corrected chi connectivity index (χ3v) is 11.6. The Morgan fingerprint density at radius 2 is 1.68 bits per heavy atom. The van der Waals surface area contributed by atoms with E-state index in [2.05, 4.69) is 32.0 Å². The van der Waals surface area contributed by atoms with E-state index in [9.17, 15) is 9.59 Å². The van der Waals surface area contributed by atoms with E-state index in [1.165, 1.54) is 18.6 Å². The lowest BCUT2D eigenvalue weighted by Crippen LogP contribution is -2.57. The number of likely N-dealkylation sites (tertiary alicyclic amines) is 1. The summed E-state index contributed by atoms with van der Waals surface area (Å²) in [5.74, 6) is -0.900. The fraction of sp³-hybridized carbons (Fsp3) is 0.575. The molecule has 2 amide bonds. The summed E-state index contributed by atoms with van der Waals surface area (Å²) in [4.78, 5) is 46.2. The summed E-state index contributed by atoms with van der Waals surface area (Å²) < 4.78 is 50.1. The number of fused-ring (bicyclic) bond motifs is 4. The first kappa shape index (κ1) is 40.1. The van der Waals surface area contributed by atoms with Crippen LogP contribution in [0.1, 0.15) is 87.5 Å². The molecular weight excluding hydrogens is 764 g/mol. The number of aromatic nitrogens is 3. The molecule has 0 saturated carbocycles. The zero-order valence-corrected chi connectivity index (χ0v) is 34.7. The van der Waals surface area contributed by atoms with Crippen molar-refractivity contribution in [3.05, 3.63) is 34.9 Å². The van der Waals surface area contributed by atoms with E-state index in [0.29, 0.717) is 36.9 Å². The summed E-state index contributed by atoms with van der Waals surface area (Å²) in [5.41, 5.74) is -1.12. The van der Waals surface area contributed by atoms with E-state index in [1.807, 2.05) is 32.6 Å². The molecule has 0 aliphatic carbocycles. The molecule has 3 unspecified atom stereocenters. The summed E-state index contributed by atoms with van der Waals surface area (Å²) in [5, 5.41) is 3.05. The second-order valence-electron chi connectivity index (χ2n) is 17.1. The van der Waals surface area contributed by atoms with Crippen molar-refractivity contribution in [2.24, 2.45) is 0 Å². The number of rotatable bonds is 7. The molecule has 3 aliphatic heterocycles. The molecule has 16 heteroatoms. The molecule has 4 atom stereocenters. The van der Waals surface area contributed by atoms with E-state index in [-0.39, 0.29) is 67.3 Å². The van der Waals surface area contributed by atoms with Gasteiger partial charge in [0.25, 0.3) is 0 Å². The highest BCUT2D eigenvalue weighted by Gasteiger charge is 2.45. The van der Waals surface area contributed by atoms with Crippen LogP contribution in [0.3, 0.4) is 0 Å². The first-order chi connectivity index (χ1) is 26.3. The van der Waals surface area contributed by atoms with E-state index in [0.717, 1.165) is 43.6 Å². The van der Waals surface area contributed by atoms with Gasteiger partial charge in [-0.15, -0.1) is 0 Å². The van der Waals surface area contributed by atoms with Crippen molar-refractivity contribution in [2.75, 3.05) is 36.4 Å². The van der Waals surface area contributed by atoms with Gasteiger partial charge in [-0.3, -0.25) is 15.1 Å². The number of ether oxygens (including phenoxy) is 3. The molecule has 2 bridgehead atoms. The fourth-order valence-corrected chi connectivity index (χ4v) is 9.16.